The summed E-state index contributed by atoms with van der Waals surface area (Å²) >= 11 is 0. The molecule has 0 heterocycles. The fourth-order valence-electron chi connectivity index (χ4n) is 2.86. The molecule has 0 bridgehead atoms. The lowest BCUT2D eigenvalue weighted by atomic mass is 9.71. The minimum absolute atomic E-state index is 0.0321. The van der Waals surface area contributed by atoms with Crippen molar-refractivity contribution < 1.29 is 5.11 Å². The van der Waals surface area contributed by atoms with E-state index in [0.29, 0.717) is 5.92 Å². The first-order valence-electron chi connectivity index (χ1n) is 6.10. The van der Waals surface area contributed by atoms with Gasteiger partial charge < -0.3 is 10.4 Å². The lowest BCUT2D eigenvalue weighted by Crippen LogP contribution is -2.49. The van der Waals surface area contributed by atoms with Gasteiger partial charge in [-0.3, -0.25) is 0 Å². The Labute approximate surface area is 87.1 Å². The predicted molar refractivity (Wildman–Crippen MR) is 58.1 cm³/mol. The third kappa shape index (κ3) is 1.96. The molecule has 2 aliphatic carbocycles. The summed E-state index contributed by atoms with van der Waals surface area (Å²) in [5.41, 5.74) is 0. The maximum absolute atomic E-state index is 9.67. The molecule has 5 unspecified atom stereocenters. The van der Waals surface area contributed by atoms with E-state index >= 15 is 0 Å². The molecule has 0 radical (unpaired) electrons. The van der Waals surface area contributed by atoms with Gasteiger partial charge in [0.25, 0.3) is 0 Å². The van der Waals surface area contributed by atoms with Crippen LogP contribution in [-0.4, -0.2) is 23.8 Å². The molecule has 2 saturated carbocycles. The van der Waals surface area contributed by atoms with Gasteiger partial charge in [-0.25, -0.2) is 0 Å². The average Bonchev–Trinajstić information content (AvgIpc) is 2.58. The van der Waals surface area contributed by atoms with Gasteiger partial charge >= 0.3 is 0 Å². The van der Waals surface area contributed by atoms with E-state index in [2.05, 4.69) is 19.2 Å². The molecule has 2 fully saturated rings. The first kappa shape index (κ1) is 10.4. The van der Waals surface area contributed by atoms with E-state index in [1.54, 1.807) is 0 Å². The van der Waals surface area contributed by atoms with Crippen molar-refractivity contribution in [3.8, 4) is 0 Å². The summed E-state index contributed by atoms with van der Waals surface area (Å²) in [7, 11) is 0. The maximum Gasteiger partial charge on any atom is 0.0580 e. The average molecular weight is 197 g/mol. The smallest absolute Gasteiger partial charge is 0.0580 e. The highest BCUT2D eigenvalue weighted by molar-refractivity contribution is 4.90. The summed E-state index contributed by atoms with van der Waals surface area (Å²) in [6.07, 6.45) is 4.73. The second-order valence-corrected chi connectivity index (χ2v) is 5.35. The van der Waals surface area contributed by atoms with E-state index in [1.165, 1.54) is 19.3 Å². The van der Waals surface area contributed by atoms with Crippen LogP contribution in [0.15, 0.2) is 0 Å². The van der Waals surface area contributed by atoms with Gasteiger partial charge in [0.05, 0.1) is 6.10 Å². The molecule has 0 spiro atoms. The molecule has 0 aromatic heterocycles. The number of rotatable bonds is 3. The molecular formula is C12H23NO. The number of nitrogens with one attached hydrogen (secondary N) is 1. The fraction of sp³-hybridized carbons (Fsp3) is 1.00. The lowest BCUT2D eigenvalue weighted by molar-refractivity contribution is 0.102. The molecule has 0 saturated heterocycles. The molecule has 0 aliphatic heterocycles. The first-order valence-corrected chi connectivity index (χ1v) is 6.10. The third-order valence-electron chi connectivity index (χ3n) is 4.42. The SMILES string of the molecule is CC1CC(NCC2CCCC2O)C1C. The van der Waals surface area contributed by atoms with E-state index < -0.39 is 0 Å². The van der Waals surface area contributed by atoms with Crippen LogP contribution in [0.25, 0.3) is 0 Å². The second kappa shape index (κ2) is 4.19. The topological polar surface area (TPSA) is 32.3 Å². The zero-order chi connectivity index (χ0) is 10.1. The van der Waals surface area contributed by atoms with Crippen LogP contribution in [-0.2, 0) is 0 Å². The summed E-state index contributed by atoms with van der Waals surface area (Å²) in [6.45, 7) is 5.69. The van der Waals surface area contributed by atoms with Crippen LogP contribution in [0.3, 0.4) is 0 Å². The molecule has 82 valence electrons. The number of aliphatic hydroxyl groups is 1. The lowest BCUT2D eigenvalue weighted by Gasteiger charge is -2.42. The molecule has 2 nitrogen and oxygen atoms in total. The van der Waals surface area contributed by atoms with Crippen LogP contribution in [0.5, 0.6) is 0 Å². The van der Waals surface area contributed by atoms with Crippen molar-refractivity contribution >= 4 is 0 Å². The number of hydrogen-bond donors (Lipinski definition) is 2. The van der Waals surface area contributed by atoms with Gasteiger partial charge in [0.2, 0.25) is 0 Å². The molecule has 0 aromatic carbocycles. The Balaban J connectivity index is 1.67. The minimum Gasteiger partial charge on any atom is -0.393 e. The number of hydrogen-bond acceptors (Lipinski definition) is 2. The van der Waals surface area contributed by atoms with Gasteiger partial charge in [-0.05, 0) is 37.0 Å². The normalized spacial score (nSPS) is 47.8. The molecule has 5 atom stereocenters. The first-order chi connectivity index (χ1) is 6.68. The molecule has 0 aromatic rings. The summed E-state index contributed by atoms with van der Waals surface area (Å²) in [4.78, 5) is 0. The van der Waals surface area contributed by atoms with Crippen LogP contribution in [0.2, 0.25) is 0 Å². The zero-order valence-corrected chi connectivity index (χ0v) is 9.37. The molecule has 2 rings (SSSR count). The summed E-state index contributed by atoms with van der Waals surface area (Å²) in [5.74, 6) is 2.24. The van der Waals surface area contributed by atoms with Gasteiger partial charge in [0.1, 0.15) is 0 Å². The van der Waals surface area contributed by atoms with Crippen LogP contribution >= 0.6 is 0 Å². The van der Waals surface area contributed by atoms with Crippen LogP contribution in [0, 0.1) is 17.8 Å². The Morgan fingerprint density at radius 1 is 1.29 bits per heavy atom. The molecule has 2 aliphatic rings. The van der Waals surface area contributed by atoms with Crippen molar-refractivity contribution in [2.75, 3.05) is 6.54 Å². The fourth-order valence-corrected chi connectivity index (χ4v) is 2.86. The second-order valence-electron chi connectivity index (χ2n) is 5.35. The van der Waals surface area contributed by atoms with E-state index in [9.17, 15) is 5.11 Å². The molecule has 2 N–H and O–H groups in total. The van der Waals surface area contributed by atoms with E-state index in [1.807, 2.05) is 0 Å². The predicted octanol–water partition coefficient (Wildman–Crippen LogP) is 1.78. The number of aliphatic hydroxyl groups excluding tert-OH is 1. The Hall–Kier alpha value is -0.0800. The van der Waals surface area contributed by atoms with Gasteiger partial charge in [-0.1, -0.05) is 20.3 Å². The van der Waals surface area contributed by atoms with Crippen molar-refractivity contribution in [2.24, 2.45) is 17.8 Å². The van der Waals surface area contributed by atoms with Gasteiger partial charge in [0.15, 0.2) is 0 Å². The molecule has 2 heteroatoms. The Morgan fingerprint density at radius 2 is 2.07 bits per heavy atom. The summed E-state index contributed by atoms with van der Waals surface area (Å²) < 4.78 is 0. The Morgan fingerprint density at radius 3 is 2.57 bits per heavy atom. The highest BCUT2D eigenvalue weighted by Crippen LogP contribution is 2.34. The van der Waals surface area contributed by atoms with Crippen LogP contribution < -0.4 is 5.32 Å². The minimum atomic E-state index is -0.0321. The van der Waals surface area contributed by atoms with Crippen molar-refractivity contribution in [3.63, 3.8) is 0 Å². The summed E-state index contributed by atoms with van der Waals surface area (Å²) in [5, 5.41) is 13.3. The molecule has 14 heavy (non-hydrogen) atoms. The standard InChI is InChI=1S/C12H23NO/c1-8-6-11(9(8)2)13-7-10-4-3-5-12(10)14/h8-14H,3-7H2,1-2H3. The Kier molecular flexibility index (Phi) is 3.13. The Bertz CT molecular complexity index is 195. The quantitative estimate of drug-likeness (QED) is 0.723. The monoisotopic (exact) mass is 197 g/mol. The van der Waals surface area contributed by atoms with E-state index in [-0.39, 0.29) is 6.10 Å². The largest absolute Gasteiger partial charge is 0.393 e. The van der Waals surface area contributed by atoms with Gasteiger partial charge in [0, 0.05) is 12.6 Å². The molecular weight excluding hydrogens is 174 g/mol. The van der Waals surface area contributed by atoms with Crippen molar-refractivity contribution in [1.82, 2.24) is 5.32 Å². The summed E-state index contributed by atoms with van der Waals surface area (Å²) in [6, 6.07) is 0.720. The maximum atomic E-state index is 9.67. The van der Waals surface area contributed by atoms with Crippen molar-refractivity contribution in [1.29, 1.82) is 0 Å². The van der Waals surface area contributed by atoms with Crippen LogP contribution in [0.1, 0.15) is 39.5 Å². The highest BCUT2D eigenvalue weighted by Gasteiger charge is 2.35. The molecule has 0 amide bonds. The van der Waals surface area contributed by atoms with Crippen LogP contribution in [0.4, 0.5) is 0 Å². The van der Waals surface area contributed by atoms with E-state index in [0.717, 1.165) is 30.8 Å². The highest BCUT2D eigenvalue weighted by atomic mass is 16.3. The van der Waals surface area contributed by atoms with Crippen molar-refractivity contribution in [3.05, 3.63) is 0 Å². The van der Waals surface area contributed by atoms with Crippen molar-refractivity contribution in [2.45, 2.75) is 51.7 Å². The van der Waals surface area contributed by atoms with E-state index in [4.69, 9.17) is 0 Å². The van der Waals surface area contributed by atoms with Gasteiger partial charge in [-0.2, -0.15) is 0 Å². The zero-order valence-electron chi connectivity index (χ0n) is 9.37. The third-order valence-corrected chi connectivity index (χ3v) is 4.42. The van der Waals surface area contributed by atoms with Gasteiger partial charge in [-0.15, -0.1) is 0 Å².